The minimum atomic E-state index is 0.462. The van der Waals surface area contributed by atoms with Crippen molar-refractivity contribution in [3.05, 3.63) is 36.3 Å². The highest BCUT2D eigenvalue weighted by Crippen LogP contribution is 2.29. The number of nitrogen functional groups attached to an aromatic ring is 1. The number of pyridine rings is 1. The van der Waals surface area contributed by atoms with E-state index in [0.717, 1.165) is 52.0 Å². The molecule has 1 aliphatic rings. The number of nitrogens with zero attached hydrogens (tertiary/aromatic N) is 3. The molecule has 4 aromatic rings. The average Bonchev–Trinajstić information content (AvgIpc) is 3.36. The van der Waals surface area contributed by atoms with Crippen LogP contribution < -0.4 is 11.1 Å². The van der Waals surface area contributed by atoms with E-state index in [2.05, 4.69) is 37.6 Å². The summed E-state index contributed by atoms with van der Waals surface area (Å²) >= 11 is 0. The van der Waals surface area contributed by atoms with E-state index in [4.69, 9.17) is 10.7 Å². The number of aromatic nitrogens is 5. The zero-order valence-electron chi connectivity index (χ0n) is 13.7. The molecule has 5 N–H and O–H groups in total. The zero-order valence-corrected chi connectivity index (χ0v) is 13.7. The van der Waals surface area contributed by atoms with Crippen molar-refractivity contribution in [2.75, 3.05) is 12.3 Å². The zero-order chi connectivity index (χ0) is 16.8. The molecule has 7 nitrogen and oxygen atoms in total. The van der Waals surface area contributed by atoms with Gasteiger partial charge in [0.2, 0.25) is 0 Å². The van der Waals surface area contributed by atoms with Crippen LogP contribution in [0.1, 0.15) is 18.7 Å². The molecule has 3 aromatic heterocycles. The Hall–Kier alpha value is -2.93. The maximum atomic E-state index is 6.18. The number of anilines is 1. The maximum Gasteiger partial charge on any atom is 0.152 e. The summed E-state index contributed by atoms with van der Waals surface area (Å²) in [6.45, 7) is 1.09. The quantitative estimate of drug-likeness (QED) is 0.460. The smallest absolute Gasteiger partial charge is 0.152 e. The van der Waals surface area contributed by atoms with E-state index in [1.165, 1.54) is 12.8 Å². The van der Waals surface area contributed by atoms with Crippen LogP contribution in [0.2, 0.25) is 0 Å². The number of H-pyrrole nitrogens is 2. The van der Waals surface area contributed by atoms with Crippen molar-refractivity contribution in [3.63, 3.8) is 0 Å². The average molecular weight is 333 g/mol. The molecule has 25 heavy (non-hydrogen) atoms. The molecular weight excluding hydrogens is 314 g/mol. The van der Waals surface area contributed by atoms with E-state index in [1.807, 2.05) is 18.3 Å². The van der Waals surface area contributed by atoms with Crippen LogP contribution in [0.25, 0.3) is 33.2 Å². The molecule has 0 amide bonds. The first-order valence-electron chi connectivity index (χ1n) is 8.59. The lowest BCUT2D eigenvalue weighted by Crippen LogP contribution is -2.24. The van der Waals surface area contributed by atoms with Crippen LogP contribution in [0.15, 0.2) is 30.5 Å². The summed E-state index contributed by atoms with van der Waals surface area (Å²) in [5.41, 5.74) is 10.6. The molecule has 7 heteroatoms. The van der Waals surface area contributed by atoms with Crippen molar-refractivity contribution in [2.45, 2.75) is 25.3 Å². The highest BCUT2D eigenvalue weighted by Gasteiger charge is 2.18. The molecule has 4 heterocycles. The van der Waals surface area contributed by atoms with Gasteiger partial charge in [0.05, 0.1) is 16.7 Å². The van der Waals surface area contributed by atoms with Crippen LogP contribution in [-0.2, 0) is 6.42 Å². The second-order valence-electron chi connectivity index (χ2n) is 6.59. The van der Waals surface area contributed by atoms with Gasteiger partial charge >= 0.3 is 0 Å². The van der Waals surface area contributed by atoms with E-state index in [0.29, 0.717) is 11.9 Å². The second-order valence-corrected chi connectivity index (χ2v) is 6.59. The number of rotatable bonds is 3. The summed E-state index contributed by atoms with van der Waals surface area (Å²) in [5.74, 6) is 1.43. The predicted octanol–water partition coefficient (Wildman–Crippen LogP) is 2.38. The number of imidazole rings is 1. The van der Waals surface area contributed by atoms with Gasteiger partial charge in [-0.2, -0.15) is 5.10 Å². The van der Waals surface area contributed by atoms with Crippen molar-refractivity contribution in [1.29, 1.82) is 0 Å². The number of nitrogens with one attached hydrogen (secondary N) is 3. The first-order chi connectivity index (χ1) is 12.3. The van der Waals surface area contributed by atoms with Crippen LogP contribution in [0, 0.1) is 0 Å². The number of aromatic amines is 2. The number of nitrogens with two attached hydrogens (primary N) is 1. The first kappa shape index (κ1) is 14.4. The topological polar surface area (TPSA) is 108 Å². The van der Waals surface area contributed by atoms with Gasteiger partial charge in [0.1, 0.15) is 11.3 Å². The molecule has 0 radical (unpaired) electrons. The highest BCUT2D eigenvalue weighted by molar-refractivity contribution is 6.07. The summed E-state index contributed by atoms with van der Waals surface area (Å²) in [5, 5.41) is 11.6. The molecule has 0 bridgehead atoms. The van der Waals surface area contributed by atoms with E-state index in [1.54, 1.807) is 0 Å². The highest BCUT2D eigenvalue weighted by atomic mass is 15.1. The molecule has 1 fully saturated rings. The van der Waals surface area contributed by atoms with E-state index in [9.17, 15) is 0 Å². The van der Waals surface area contributed by atoms with Gasteiger partial charge in [-0.25, -0.2) is 9.97 Å². The van der Waals surface area contributed by atoms with Gasteiger partial charge in [-0.1, -0.05) is 6.07 Å². The first-order valence-corrected chi connectivity index (χ1v) is 8.59. The number of hydrogen-bond acceptors (Lipinski definition) is 5. The Labute approximate surface area is 144 Å². The van der Waals surface area contributed by atoms with Gasteiger partial charge in [-0.15, -0.1) is 0 Å². The fraction of sp³-hybridized carbons (Fsp3) is 0.278. The molecular formula is C18H19N7. The number of benzene rings is 1. The van der Waals surface area contributed by atoms with Gasteiger partial charge in [0.25, 0.3) is 0 Å². The minimum Gasteiger partial charge on any atom is -0.382 e. The van der Waals surface area contributed by atoms with Gasteiger partial charge in [-0.05, 0) is 37.6 Å². The van der Waals surface area contributed by atoms with Crippen LogP contribution in [-0.4, -0.2) is 37.7 Å². The third-order valence-corrected chi connectivity index (χ3v) is 4.90. The minimum absolute atomic E-state index is 0.462. The molecule has 5 rings (SSSR count). The van der Waals surface area contributed by atoms with E-state index >= 15 is 0 Å². The summed E-state index contributed by atoms with van der Waals surface area (Å²) < 4.78 is 0. The molecule has 0 aliphatic carbocycles. The van der Waals surface area contributed by atoms with Crippen LogP contribution in [0.4, 0.5) is 5.82 Å². The Bertz CT molecular complexity index is 1040. The van der Waals surface area contributed by atoms with E-state index in [-0.39, 0.29) is 0 Å². The van der Waals surface area contributed by atoms with Crippen molar-refractivity contribution >= 4 is 27.8 Å². The maximum absolute atomic E-state index is 6.18. The summed E-state index contributed by atoms with van der Waals surface area (Å²) in [7, 11) is 0. The standard InChI is InChI=1S/C18H19N7/c19-18-17-16(23-15(24-17)9-11-2-1-6-20-11)12-4-3-10(8-14(12)22-18)13-5-7-21-25-13/h3-5,7-8,11,20H,1-2,6,9H2,(H2,19,22)(H,21,25)(H,23,24). The SMILES string of the molecule is Nc1nc2cc(-c3cc[nH]n3)ccc2c2[nH]c(CC3CCCN3)nc12. The predicted molar refractivity (Wildman–Crippen MR) is 98.1 cm³/mol. The van der Waals surface area contributed by atoms with Crippen molar-refractivity contribution in [3.8, 4) is 11.3 Å². The molecule has 1 aromatic carbocycles. The lowest BCUT2D eigenvalue weighted by molar-refractivity contribution is 0.589. The van der Waals surface area contributed by atoms with Crippen molar-refractivity contribution in [2.24, 2.45) is 0 Å². The van der Waals surface area contributed by atoms with Crippen LogP contribution in [0.3, 0.4) is 0 Å². The van der Waals surface area contributed by atoms with Crippen molar-refractivity contribution < 1.29 is 0 Å². The van der Waals surface area contributed by atoms with Gasteiger partial charge in [0.15, 0.2) is 5.82 Å². The molecule has 1 unspecified atom stereocenters. The Morgan fingerprint density at radius 1 is 1.20 bits per heavy atom. The van der Waals surface area contributed by atoms with Gasteiger partial charge in [-0.3, -0.25) is 5.10 Å². The fourth-order valence-electron chi connectivity index (χ4n) is 3.66. The van der Waals surface area contributed by atoms with Crippen LogP contribution in [0.5, 0.6) is 0 Å². The lowest BCUT2D eigenvalue weighted by Gasteiger charge is -2.06. The Morgan fingerprint density at radius 2 is 2.16 bits per heavy atom. The van der Waals surface area contributed by atoms with Gasteiger partial charge in [0, 0.05) is 29.6 Å². The molecule has 0 saturated carbocycles. The number of fused-ring (bicyclic) bond motifs is 3. The normalized spacial score (nSPS) is 17.7. The molecule has 1 aliphatic heterocycles. The lowest BCUT2D eigenvalue weighted by atomic mass is 10.1. The summed E-state index contributed by atoms with van der Waals surface area (Å²) in [6.07, 6.45) is 5.12. The molecule has 0 spiro atoms. The Morgan fingerprint density at radius 3 is 2.96 bits per heavy atom. The Balaban J connectivity index is 1.62. The molecule has 1 saturated heterocycles. The van der Waals surface area contributed by atoms with E-state index < -0.39 is 0 Å². The Kier molecular flexibility index (Phi) is 3.21. The second kappa shape index (κ2) is 5.56. The number of hydrogen-bond donors (Lipinski definition) is 4. The third-order valence-electron chi connectivity index (χ3n) is 4.90. The molecule has 126 valence electrons. The van der Waals surface area contributed by atoms with Crippen LogP contribution >= 0.6 is 0 Å². The summed E-state index contributed by atoms with van der Waals surface area (Å²) in [6, 6.07) is 8.55. The molecule has 1 atom stereocenters. The van der Waals surface area contributed by atoms with Crippen molar-refractivity contribution in [1.82, 2.24) is 30.5 Å². The monoisotopic (exact) mass is 333 g/mol. The van der Waals surface area contributed by atoms with Gasteiger partial charge < -0.3 is 16.0 Å². The summed E-state index contributed by atoms with van der Waals surface area (Å²) in [4.78, 5) is 12.7. The fourth-order valence-corrected chi connectivity index (χ4v) is 3.66. The third kappa shape index (κ3) is 2.44. The largest absolute Gasteiger partial charge is 0.382 e.